The zero-order chi connectivity index (χ0) is 27.8. The van der Waals surface area contributed by atoms with Crippen LogP contribution in [0.5, 0.6) is 0 Å². The van der Waals surface area contributed by atoms with Crippen molar-refractivity contribution in [3.63, 3.8) is 0 Å². The minimum Gasteiger partial charge on any atom is -0.363 e. The van der Waals surface area contributed by atoms with Crippen molar-refractivity contribution in [3.8, 4) is 0 Å². The summed E-state index contributed by atoms with van der Waals surface area (Å²) in [5.74, 6) is 0.585. The molecule has 0 saturated heterocycles. The Morgan fingerprint density at radius 2 is 1.89 bits per heavy atom. The number of carbonyl (C=O) groups is 2. The van der Waals surface area contributed by atoms with Crippen LogP contribution < -0.4 is 5.32 Å². The zero-order valence-electron chi connectivity index (χ0n) is 24.1. The number of carbonyl (C=O) groups excluding carboxylic acids is 2. The summed E-state index contributed by atoms with van der Waals surface area (Å²) in [6.07, 6.45) is 12.4. The minimum absolute atomic E-state index is 0.00571. The molecule has 0 radical (unpaired) electrons. The van der Waals surface area contributed by atoms with Gasteiger partial charge in [0.2, 0.25) is 0 Å². The lowest BCUT2D eigenvalue weighted by Gasteiger charge is -2.53. The molecule has 1 N–H and O–H groups in total. The summed E-state index contributed by atoms with van der Waals surface area (Å²) in [6.45, 7) is 16.8. The summed E-state index contributed by atoms with van der Waals surface area (Å²) in [5.41, 5.74) is 4.46. The first kappa shape index (κ1) is 29.6. The molecule has 0 aliphatic heterocycles. The van der Waals surface area contributed by atoms with Gasteiger partial charge in [-0.1, -0.05) is 58.9 Å². The largest absolute Gasteiger partial charge is 0.363 e. The number of aldehydes is 1. The monoisotopic (exact) mass is 517 g/mol. The normalized spacial score (nSPS) is 20.4. The molecular weight excluding hydrogens is 470 g/mol. The van der Waals surface area contributed by atoms with E-state index in [9.17, 15) is 9.59 Å². The molecule has 1 aliphatic rings. The van der Waals surface area contributed by atoms with E-state index in [1.165, 1.54) is 24.0 Å². The zero-order valence-corrected chi connectivity index (χ0v) is 24.1. The molecule has 1 aromatic carbocycles. The van der Waals surface area contributed by atoms with E-state index >= 15 is 0 Å². The first-order chi connectivity index (χ1) is 18.1. The fourth-order valence-electron chi connectivity index (χ4n) is 6.07. The molecule has 38 heavy (non-hydrogen) atoms. The van der Waals surface area contributed by atoms with Crippen LogP contribution in [0.1, 0.15) is 107 Å². The maximum atomic E-state index is 12.5. The third-order valence-corrected chi connectivity index (χ3v) is 8.32. The Kier molecular flexibility index (Phi) is 10.3. The van der Waals surface area contributed by atoms with Crippen LogP contribution in [0.4, 0.5) is 0 Å². The first-order valence-electron chi connectivity index (χ1n) is 14.3. The molecule has 1 aliphatic carbocycles. The molecule has 1 amide bonds. The highest BCUT2D eigenvalue weighted by Crippen LogP contribution is 2.48. The molecule has 1 fully saturated rings. The summed E-state index contributed by atoms with van der Waals surface area (Å²) in [6, 6.07) is 12.3. The molecule has 3 rings (SSSR count). The lowest BCUT2D eigenvalue weighted by atomic mass is 9.67. The van der Waals surface area contributed by atoms with Crippen LogP contribution in [-0.4, -0.2) is 34.2 Å². The van der Waals surface area contributed by atoms with Crippen LogP contribution in [0.2, 0.25) is 0 Å². The Morgan fingerprint density at radius 1 is 1.21 bits per heavy atom. The molecule has 5 heteroatoms. The fraction of sp³-hybridized carbons (Fsp3) is 0.545. The topological polar surface area (TPSA) is 62.3 Å². The molecule has 5 nitrogen and oxygen atoms in total. The van der Waals surface area contributed by atoms with E-state index < -0.39 is 0 Å². The van der Waals surface area contributed by atoms with Gasteiger partial charge in [-0.25, -0.2) is 0 Å². The minimum atomic E-state index is -0.143. The van der Waals surface area contributed by atoms with E-state index in [4.69, 9.17) is 0 Å². The van der Waals surface area contributed by atoms with Gasteiger partial charge in [0.25, 0.3) is 5.91 Å². The van der Waals surface area contributed by atoms with E-state index in [0.29, 0.717) is 23.9 Å². The second-order valence-corrected chi connectivity index (χ2v) is 12.2. The molecule has 1 heterocycles. The number of hydrogen-bond acceptors (Lipinski definition) is 4. The van der Waals surface area contributed by atoms with Gasteiger partial charge in [-0.05, 0) is 79.7 Å². The molecule has 0 spiro atoms. The van der Waals surface area contributed by atoms with Crippen LogP contribution in [0, 0.1) is 11.3 Å². The number of aromatic nitrogens is 1. The molecule has 1 saturated carbocycles. The lowest BCUT2D eigenvalue weighted by Crippen LogP contribution is -2.50. The summed E-state index contributed by atoms with van der Waals surface area (Å²) in [5, 5.41) is 2.82. The smallest absolute Gasteiger partial charge is 0.251 e. The second-order valence-electron chi connectivity index (χ2n) is 12.2. The summed E-state index contributed by atoms with van der Waals surface area (Å²) < 4.78 is 0. The molecule has 1 aromatic heterocycles. The summed E-state index contributed by atoms with van der Waals surface area (Å²) in [4.78, 5) is 30.1. The third kappa shape index (κ3) is 7.55. The molecule has 1 atom stereocenters. The SMILES string of the molecule is C=C(Cc1cccnc1)N(C(CCC)c1ccc(C(=O)NCCC=O)cc1)C1(C)CCC(C(C)(C)C)CC1. The molecule has 0 bridgehead atoms. The van der Waals surface area contributed by atoms with Crippen LogP contribution >= 0.6 is 0 Å². The number of rotatable bonds is 12. The molecular formula is C33H47N3O2. The number of allylic oxidation sites excluding steroid dienone is 1. The number of hydrogen-bond donors (Lipinski definition) is 1. The highest BCUT2D eigenvalue weighted by atomic mass is 16.1. The van der Waals surface area contributed by atoms with Gasteiger partial charge in [-0.15, -0.1) is 0 Å². The molecule has 1 unspecified atom stereocenters. The summed E-state index contributed by atoms with van der Waals surface area (Å²) >= 11 is 0. The Labute approximate surface area is 230 Å². The van der Waals surface area contributed by atoms with Gasteiger partial charge in [0.1, 0.15) is 6.29 Å². The van der Waals surface area contributed by atoms with Crippen molar-refractivity contribution >= 4 is 12.2 Å². The maximum absolute atomic E-state index is 12.5. The average molecular weight is 518 g/mol. The van der Waals surface area contributed by atoms with E-state index in [-0.39, 0.29) is 17.5 Å². The first-order valence-corrected chi connectivity index (χ1v) is 14.3. The van der Waals surface area contributed by atoms with Crippen molar-refractivity contribution in [1.29, 1.82) is 0 Å². The third-order valence-electron chi connectivity index (χ3n) is 8.32. The van der Waals surface area contributed by atoms with Crippen molar-refractivity contribution < 1.29 is 9.59 Å². The Morgan fingerprint density at radius 3 is 2.45 bits per heavy atom. The Hall–Kier alpha value is -2.95. The number of amides is 1. The van der Waals surface area contributed by atoms with Crippen molar-refractivity contribution in [1.82, 2.24) is 15.2 Å². The van der Waals surface area contributed by atoms with Crippen molar-refractivity contribution in [2.75, 3.05) is 6.54 Å². The average Bonchev–Trinajstić information content (AvgIpc) is 2.89. The van der Waals surface area contributed by atoms with Gasteiger partial charge in [-0.2, -0.15) is 0 Å². The van der Waals surface area contributed by atoms with E-state index in [1.54, 1.807) is 0 Å². The molecule has 206 valence electrons. The highest BCUT2D eigenvalue weighted by molar-refractivity contribution is 5.94. The second kappa shape index (κ2) is 13.2. The van der Waals surface area contributed by atoms with Gasteiger partial charge in [0.15, 0.2) is 0 Å². The molecule has 2 aromatic rings. The maximum Gasteiger partial charge on any atom is 0.251 e. The van der Waals surface area contributed by atoms with Gasteiger partial charge in [0, 0.05) is 48.6 Å². The van der Waals surface area contributed by atoms with Gasteiger partial charge in [0.05, 0.1) is 6.04 Å². The van der Waals surface area contributed by atoms with Gasteiger partial charge in [-0.3, -0.25) is 9.78 Å². The van der Waals surface area contributed by atoms with E-state index in [1.807, 2.05) is 30.6 Å². The van der Waals surface area contributed by atoms with Gasteiger partial charge >= 0.3 is 0 Å². The van der Waals surface area contributed by atoms with Crippen LogP contribution in [-0.2, 0) is 11.2 Å². The number of benzene rings is 1. The van der Waals surface area contributed by atoms with Crippen LogP contribution in [0.3, 0.4) is 0 Å². The quantitative estimate of drug-likeness (QED) is 0.237. The number of nitrogens with one attached hydrogen (secondary N) is 1. The highest BCUT2D eigenvalue weighted by Gasteiger charge is 2.42. The fourth-order valence-corrected chi connectivity index (χ4v) is 6.07. The van der Waals surface area contributed by atoms with Crippen molar-refractivity contribution in [3.05, 3.63) is 77.8 Å². The van der Waals surface area contributed by atoms with Crippen molar-refractivity contribution in [2.24, 2.45) is 11.3 Å². The number of pyridine rings is 1. The summed E-state index contributed by atoms with van der Waals surface area (Å²) in [7, 11) is 0. The van der Waals surface area contributed by atoms with Gasteiger partial charge < -0.3 is 15.0 Å². The standard InChI is InChI=1S/C33H47N3O2/c1-7-10-30(27-12-14-28(15-13-27)31(38)35-21-9-22-37)36(25(2)23-26-11-8-20-34-24-26)33(6)18-16-29(17-19-33)32(3,4)5/h8,11-15,20,22,24,29-30H,2,7,9-10,16-19,21,23H2,1,3-6H3,(H,35,38). The van der Waals surface area contributed by atoms with E-state index in [2.05, 4.69) is 74.6 Å². The van der Waals surface area contributed by atoms with Crippen LogP contribution in [0.15, 0.2) is 61.1 Å². The van der Waals surface area contributed by atoms with E-state index in [0.717, 1.165) is 50.0 Å². The Bertz CT molecular complexity index is 1050. The van der Waals surface area contributed by atoms with Crippen LogP contribution in [0.25, 0.3) is 0 Å². The lowest BCUT2D eigenvalue weighted by molar-refractivity contribution is -0.107. The number of nitrogens with zero attached hydrogens (tertiary/aromatic N) is 2. The Balaban J connectivity index is 1.92. The predicted molar refractivity (Wildman–Crippen MR) is 156 cm³/mol. The van der Waals surface area contributed by atoms with Crippen molar-refractivity contribution in [2.45, 2.75) is 97.6 Å². The predicted octanol–water partition coefficient (Wildman–Crippen LogP) is 7.30.